The minimum absolute atomic E-state index is 0.00717. The highest BCUT2D eigenvalue weighted by molar-refractivity contribution is 6.22. The Morgan fingerprint density at radius 2 is 0.844 bits per heavy atom. The van der Waals surface area contributed by atoms with Crippen molar-refractivity contribution in [3.05, 3.63) is 246 Å². The molecule has 15 aromatic rings. The standard InChI is InChI=1S/C85H77N3O2/c1-81(2,3)54-27-32-56(33-28-54)86(60-36-39-62-64-22-18-24-70(83(7,8)9)79(64)89-74(62)48-60)58-31-26-51-43-67-68-44-53(50-20-16-15-17-21-50)45-69-76-78(88(77(68)69)73(67)46-52(51)42-58)66-41-38-59(47-72(66)85(76,13)14)87(57-34-29-55(30-35-57)82(4,5)6)61-37-40-63-65-23-19-25-71(84(10,11)12)80(65)90-75(63)49-61/h15-49H,1-14H3. The first kappa shape index (κ1) is 55.7. The van der Waals surface area contributed by atoms with E-state index in [4.69, 9.17) is 8.83 Å². The van der Waals surface area contributed by atoms with Crippen molar-refractivity contribution in [2.24, 2.45) is 0 Å². The van der Waals surface area contributed by atoms with Crippen LogP contribution in [0, 0.1) is 0 Å². The SMILES string of the molecule is CC(C)(C)c1ccc(N(c2ccc3c(c2)C(C)(C)c2c-3n3c4cc5cc(N(c6ccc(C(C)(C)C)cc6)c6ccc7c(c6)oc6c(C(C)(C)C)cccc67)ccc5cc4c4cc(-c5ccccc5)cc2c43)c2ccc3c(c2)oc2c(C(C)(C)C)cccc23)cc1. The lowest BCUT2D eigenvalue weighted by atomic mass is 9.81. The summed E-state index contributed by atoms with van der Waals surface area (Å²) < 4.78 is 16.4. The zero-order valence-electron chi connectivity index (χ0n) is 54.4. The van der Waals surface area contributed by atoms with Crippen LogP contribution in [0.25, 0.3) is 104 Å². The van der Waals surface area contributed by atoms with E-state index < -0.39 is 0 Å². The van der Waals surface area contributed by atoms with Crippen molar-refractivity contribution >= 4 is 116 Å². The van der Waals surface area contributed by atoms with Gasteiger partial charge in [0.2, 0.25) is 0 Å². The first-order chi connectivity index (χ1) is 42.9. The zero-order chi connectivity index (χ0) is 62.3. The first-order valence-corrected chi connectivity index (χ1v) is 32.1. The van der Waals surface area contributed by atoms with Crippen molar-refractivity contribution in [2.75, 3.05) is 9.80 Å². The third-order valence-corrected chi connectivity index (χ3v) is 19.8. The summed E-state index contributed by atoms with van der Waals surface area (Å²) in [6.45, 7) is 32.2. The molecule has 0 atom stereocenters. The van der Waals surface area contributed by atoms with E-state index in [1.165, 1.54) is 93.7 Å². The third-order valence-electron chi connectivity index (χ3n) is 19.8. The van der Waals surface area contributed by atoms with Crippen molar-refractivity contribution in [3.63, 3.8) is 0 Å². The smallest absolute Gasteiger partial charge is 0.139 e. The van der Waals surface area contributed by atoms with Crippen LogP contribution in [0.15, 0.2) is 221 Å². The Hall–Kier alpha value is -9.58. The number of anilines is 6. The van der Waals surface area contributed by atoms with Crippen LogP contribution in [0.4, 0.5) is 34.1 Å². The summed E-state index contributed by atoms with van der Waals surface area (Å²) in [5.74, 6) is 0. The largest absolute Gasteiger partial charge is 0.456 e. The van der Waals surface area contributed by atoms with Crippen LogP contribution in [0.5, 0.6) is 0 Å². The molecule has 16 rings (SSSR count). The van der Waals surface area contributed by atoms with Crippen LogP contribution < -0.4 is 9.80 Å². The highest BCUT2D eigenvalue weighted by Crippen LogP contribution is 2.57. The second-order valence-electron chi connectivity index (χ2n) is 30.3. The topological polar surface area (TPSA) is 37.2 Å². The molecule has 1 aliphatic rings. The number of aromatic nitrogens is 1. The summed E-state index contributed by atoms with van der Waals surface area (Å²) in [5, 5.41) is 10.7. The molecule has 0 fully saturated rings. The van der Waals surface area contributed by atoms with Crippen molar-refractivity contribution in [3.8, 4) is 22.4 Å². The molecule has 11 aromatic carbocycles. The minimum Gasteiger partial charge on any atom is -0.456 e. The molecule has 90 heavy (non-hydrogen) atoms. The van der Waals surface area contributed by atoms with E-state index in [1.54, 1.807) is 0 Å². The van der Waals surface area contributed by atoms with Crippen molar-refractivity contribution < 1.29 is 8.83 Å². The number of furan rings is 2. The van der Waals surface area contributed by atoms with Gasteiger partial charge in [0.15, 0.2) is 0 Å². The molecule has 0 bridgehead atoms. The number of nitrogens with zero attached hydrogens (tertiary/aromatic N) is 3. The van der Waals surface area contributed by atoms with Gasteiger partial charge in [-0.1, -0.05) is 200 Å². The Morgan fingerprint density at radius 1 is 0.356 bits per heavy atom. The molecule has 0 amide bonds. The lowest BCUT2D eigenvalue weighted by Crippen LogP contribution is -2.17. The molecule has 0 saturated heterocycles. The van der Waals surface area contributed by atoms with E-state index in [-0.39, 0.29) is 27.1 Å². The number of hydrogen-bond donors (Lipinski definition) is 0. The summed E-state index contributed by atoms with van der Waals surface area (Å²) in [6, 6.07) is 80.0. The maximum atomic E-state index is 6.92. The van der Waals surface area contributed by atoms with Gasteiger partial charge in [0.05, 0.1) is 16.7 Å². The molecular formula is C85H77N3O2. The van der Waals surface area contributed by atoms with Crippen LogP contribution in [0.1, 0.15) is 130 Å². The predicted octanol–water partition coefficient (Wildman–Crippen LogP) is 24.7. The number of benzene rings is 11. The fourth-order valence-corrected chi connectivity index (χ4v) is 15.0. The Bertz CT molecular complexity index is 5410. The summed E-state index contributed by atoms with van der Waals surface area (Å²) in [4.78, 5) is 4.83. The van der Waals surface area contributed by atoms with Gasteiger partial charge in [0.25, 0.3) is 0 Å². The van der Waals surface area contributed by atoms with Crippen LogP contribution in [-0.4, -0.2) is 4.40 Å². The second-order valence-corrected chi connectivity index (χ2v) is 30.3. The van der Waals surface area contributed by atoms with Crippen LogP contribution in [0.3, 0.4) is 0 Å². The van der Waals surface area contributed by atoms with Gasteiger partial charge < -0.3 is 23.0 Å². The van der Waals surface area contributed by atoms with E-state index in [2.05, 4.69) is 323 Å². The molecule has 0 spiro atoms. The fourth-order valence-electron chi connectivity index (χ4n) is 15.0. The normalized spacial score (nSPS) is 13.8. The van der Waals surface area contributed by atoms with Crippen LogP contribution in [-0.2, 0) is 27.1 Å². The molecular weight excluding hydrogens is 1090 g/mol. The van der Waals surface area contributed by atoms with Gasteiger partial charge in [0.1, 0.15) is 22.3 Å². The lowest BCUT2D eigenvalue weighted by molar-refractivity contribution is 0.572. The van der Waals surface area contributed by atoms with E-state index in [0.717, 1.165) is 78.0 Å². The summed E-state index contributed by atoms with van der Waals surface area (Å²) in [5.41, 5.74) is 24.7. The average Bonchev–Trinajstić information content (AvgIpc) is 1.51. The van der Waals surface area contributed by atoms with Crippen molar-refractivity contribution in [2.45, 2.75) is 124 Å². The maximum Gasteiger partial charge on any atom is 0.139 e. The van der Waals surface area contributed by atoms with Crippen molar-refractivity contribution in [1.29, 1.82) is 0 Å². The Kier molecular flexibility index (Phi) is 11.9. The summed E-state index contributed by atoms with van der Waals surface area (Å²) >= 11 is 0. The monoisotopic (exact) mass is 1170 g/mol. The predicted molar refractivity (Wildman–Crippen MR) is 383 cm³/mol. The molecule has 0 N–H and O–H groups in total. The van der Waals surface area contributed by atoms with Gasteiger partial charge in [-0.15, -0.1) is 0 Å². The second kappa shape index (κ2) is 19.2. The quantitative estimate of drug-likeness (QED) is 0.159. The summed E-state index contributed by atoms with van der Waals surface area (Å²) in [7, 11) is 0. The van der Waals surface area contributed by atoms with E-state index >= 15 is 0 Å². The van der Waals surface area contributed by atoms with Gasteiger partial charge >= 0.3 is 0 Å². The first-order valence-electron chi connectivity index (χ1n) is 32.1. The highest BCUT2D eigenvalue weighted by Gasteiger charge is 2.42. The number of para-hydroxylation sites is 2. The van der Waals surface area contributed by atoms with E-state index in [9.17, 15) is 0 Å². The number of fused-ring (bicyclic) bond motifs is 15. The highest BCUT2D eigenvalue weighted by atomic mass is 16.3. The molecule has 1 aliphatic carbocycles. The molecule has 5 heteroatoms. The zero-order valence-corrected chi connectivity index (χ0v) is 54.4. The Morgan fingerprint density at radius 3 is 1.38 bits per heavy atom. The van der Waals surface area contributed by atoms with E-state index in [1.807, 2.05) is 0 Å². The van der Waals surface area contributed by atoms with Crippen LogP contribution >= 0.6 is 0 Å². The number of hydrogen-bond acceptors (Lipinski definition) is 4. The molecule has 4 aromatic heterocycles. The molecule has 4 heterocycles. The lowest BCUT2D eigenvalue weighted by Gasteiger charge is -2.29. The van der Waals surface area contributed by atoms with Gasteiger partial charge in [-0.2, -0.15) is 0 Å². The fraction of sp³-hybridized carbons (Fsp3) is 0.224. The summed E-state index contributed by atoms with van der Waals surface area (Å²) in [6.07, 6.45) is 0. The molecule has 444 valence electrons. The van der Waals surface area contributed by atoms with E-state index in [0.29, 0.717) is 0 Å². The molecule has 0 unspecified atom stereocenters. The number of rotatable bonds is 7. The van der Waals surface area contributed by atoms with Crippen LogP contribution in [0.2, 0.25) is 0 Å². The molecule has 0 aliphatic heterocycles. The molecule has 0 radical (unpaired) electrons. The third kappa shape index (κ3) is 8.55. The average molecular weight is 1170 g/mol. The van der Waals surface area contributed by atoms with Gasteiger partial charge in [-0.25, -0.2) is 0 Å². The molecule has 0 saturated carbocycles. The maximum absolute atomic E-state index is 6.92. The van der Waals surface area contributed by atoms with Crippen molar-refractivity contribution in [1.82, 2.24) is 4.40 Å². The van der Waals surface area contributed by atoms with Gasteiger partial charge in [-0.3, -0.25) is 0 Å². The molecule has 5 nitrogen and oxygen atoms in total. The van der Waals surface area contributed by atoms with Gasteiger partial charge in [0, 0.05) is 106 Å². The van der Waals surface area contributed by atoms with Gasteiger partial charge in [-0.05, 0) is 163 Å². The minimum atomic E-state index is -0.371. The Labute approximate surface area is 528 Å². The Balaban J connectivity index is 0.892.